The minimum Gasteiger partial charge on any atom is -0.379 e. The van der Waals surface area contributed by atoms with Gasteiger partial charge in [0.15, 0.2) is 0 Å². The number of pyridine rings is 1. The number of para-hydroxylation sites is 1. The highest BCUT2D eigenvalue weighted by molar-refractivity contribution is 5.95. The quantitative estimate of drug-likeness (QED) is 0.324. The predicted octanol–water partition coefficient (Wildman–Crippen LogP) is 6.11. The van der Waals surface area contributed by atoms with Crippen molar-refractivity contribution >= 4 is 10.9 Å². The first-order valence-electron chi connectivity index (χ1n) is 13.9. The van der Waals surface area contributed by atoms with Crippen LogP contribution in [-0.4, -0.2) is 64.8 Å². The highest BCUT2D eigenvalue weighted by Crippen LogP contribution is 2.34. The fourth-order valence-electron chi connectivity index (χ4n) is 6.07. The van der Waals surface area contributed by atoms with Crippen LogP contribution in [0.2, 0.25) is 0 Å². The molecular weight excluding hydrogens is 456 g/mol. The molecule has 2 aliphatic rings. The van der Waals surface area contributed by atoms with E-state index in [0.29, 0.717) is 12.0 Å². The molecule has 2 fully saturated rings. The summed E-state index contributed by atoms with van der Waals surface area (Å²) in [4.78, 5) is 9.98. The molecule has 0 radical (unpaired) electrons. The van der Waals surface area contributed by atoms with Crippen LogP contribution in [0.1, 0.15) is 43.9 Å². The van der Waals surface area contributed by atoms with Crippen molar-refractivity contribution in [1.82, 2.24) is 19.4 Å². The van der Waals surface area contributed by atoms with Crippen LogP contribution in [0.25, 0.3) is 27.8 Å². The summed E-state index contributed by atoms with van der Waals surface area (Å²) < 4.78 is 8.01. The van der Waals surface area contributed by atoms with Gasteiger partial charge in [-0.2, -0.15) is 0 Å². The Kier molecular flexibility index (Phi) is 7.10. The van der Waals surface area contributed by atoms with Gasteiger partial charge in [0.2, 0.25) is 0 Å². The van der Waals surface area contributed by atoms with Crippen LogP contribution >= 0.6 is 0 Å². The van der Waals surface area contributed by atoms with E-state index in [9.17, 15) is 0 Å². The molecule has 0 saturated carbocycles. The zero-order valence-corrected chi connectivity index (χ0v) is 22.1. The lowest BCUT2D eigenvalue weighted by Crippen LogP contribution is -2.37. The van der Waals surface area contributed by atoms with Gasteiger partial charge < -0.3 is 14.2 Å². The van der Waals surface area contributed by atoms with E-state index in [4.69, 9.17) is 9.72 Å². The Labute approximate surface area is 220 Å². The molecule has 2 aliphatic heterocycles. The predicted molar refractivity (Wildman–Crippen MR) is 151 cm³/mol. The minimum atomic E-state index is 0.645. The fourth-order valence-corrected chi connectivity index (χ4v) is 6.07. The molecule has 2 aromatic heterocycles. The van der Waals surface area contributed by atoms with E-state index in [-0.39, 0.29) is 0 Å². The number of rotatable bonds is 6. The largest absolute Gasteiger partial charge is 0.379 e. The lowest BCUT2D eigenvalue weighted by Gasteiger charge is -2.34. The van der Waals surface area contributed by atoms with Gasteiger partial charge in [-0.25, -0.2) is 0 Å². The van der Waals surface area contributed by atoms with Gasteiger partial charge >= 0.3 is 0 Å². The molecule has 0 spiro atoms. The molecular formula is C32H38N4O. The average Bonchev–Trinajstić information content (AvgIpc) is 3.32. The Morgan fingerprint density at radius 3 is 2.32 bits per heavy atom. The van der Waals surface area contributed by atoms with Crippen LogP contribution in [0.5, 0.6) is 0 Å². The normalized spacial score (nSPS) is 18.1. The number of fused-ring (bicyclic) bond motifs is 1. The highest BCUT2D eigenvalue weighted by atomic mass is 16.5. The summed E-state index contributed by atoms with van der Waals surface area (Å²) in [6.07, 6.45) is 4.46. The molecule has 0 aliphatic carbocycles. The number of piperidine rings is 1. The van der Waals surface area contributed by atoms with Gasteiger partial charge in [-0.15, -0.1) is 0 Å². The first-order chi connectivity index (χ1) is 18.2. The topological polar surface area (TPSA) is 33.5 Å². The molecule has 0 atom stereocenters. The molecule has 37 heavy (non-hydrogen) atoms. The van der Waals surface area contributed by atoms with E-state index in [1.54, 1.807) is 0 Å². The Morgan fingerprint density at radius 2 is 1.62 bits per heavy atom. The lowest BCUT2D eigenvalue weighted by atomic mass is 9.88. The fraction of sp³-hybridized carbons (Fsp3) is 0.406. The Hall–Kier alpha value is -2.99. The number of benzene rings is 2. The number of likely N-dealkylation sites (tertiary alicyclic amines) is 1. The molecule has 192 valence electrons. The van der Waals surface area contributed by atoms with Crippen molar-refractivity contribution < 1.29 is 4.74 Å². The van der Waals surface area contributed by atoms with Crippen molar-refractivity contribution in [2.45, 2.75) is 45.2 Å². The summed E-state index contributed by atoms with van der Waals surface area (Å²) in [7, 11) is 0. The highest BCUT2D eigenvalue weighted by Gasteiger charge is 2.23. The summed E-state index contributed by atoms with van der Waals surface area (Å²) >= 11 is 0. The Morgan fingerprint density at radius 1 is 0.892 bits per heavy atom. The van der Waals surface area contributed by atoms with Gasteiger partial charge in [0, 0.05) is 54.2 Å². The third-order valence-electron chi connectivity index (χ3n) is 8.23. The van der Waals surface area contributed by atoms with E-state index < -0.39 is 0 Å². The molecule has 0 unspecified atom stereocenters. The maximum Gasteiger partial charge on any atom is 0.0796 e. The van der Waals surface area contributed by atoms with Crippen molar-refractivity contribution in [2.75, 3.05) is 39.4 Å². The molecule has 6 rings (SSSR count). The first kappa shape index (κ1) is 24.4. The van der Waals surface area contributed by atoms with Crippen LogP contribution in [0, 0.1) is 0 Å². The van der Waals surface area contributed by atoms with Crippen LogP contribution < -0.4 is 0 Å². The molecule has 4 heterocycles. The van der Waals surface area contributed by atoms with Crippen LogP contribution in [-0.2, 0) is 11.3 Å². The number of morpholine rings is 1. The number of hydrogen-bond donors (Lipinski definition) is 0. The first-order valence-corrected chi connectivity index (χ1v) is 13.9. The number of aromatic nitrogens is 2. The second-order valence-electron chi connectivity index (χ2n) is 10.8. The zero-order chi connectivity index (χ0) is 25.2. The van der Waals surface area contributed by atoms with Gasteiger partial charge in [0.05, 0.1) is 24.4 Å². The summed E-state index contributed by atoms with van der Waals surface area (Å²) in [6.45, 7) is 11.5. The molecule has 5 nitrogen and oxygen atoms in total. The van der Waals surface area contributed by atoms with E-state index in [0.717, 1.165) is 38.5 Å². The number of hydrogen-bond acceptors (Lipinski definition) is 4. The summed E-state index contributed by atoms with van der Waals surface area (Å²) in [5.74, 6) is 0.659. The minimum absolute atomic E-state index is 0.645. The maximum atomic E-state index is 5.60. The summed E-state index contributed by atoms with van der Waals surface area (Å²) in [5, 5.41) is 1.22. The molecule has 0 bridgehead atoms. The van der Waals surface area contributed by atoms with Gasteiger partial charge in [-0.1, -0.05) is 42.5 Å². The Bertz CT molecular complexity index is 1310. The molecule has 5 heteroatoms. The van der Waals surface area contributed by atoms with Crippen molar-refractivity contribution in [3.8, 4) is 16.9 Å². The van der Waals surface area contributed by atoms with E-state index in [1.807, 2.05) is 6.20 Å². The van der Waals surface area contributed by atoms with E-state index >= 15 is 0 Å². The molecule has 2 aromatic carbocycles. The maximum absolute atomic E-state index is 5.60. The average molecular weight is 495 g/mol. The zero-order valence-electron chi connectivity index (χ0n) is 22.1. The summed E-state index contributed by atoms with van der Waals surface area (Å²) in [6, 6.07) is 25.1. The second-order valence-corrected chi connectivity index (χ2v) is 10.8. The standard InChI is InChI=1S/C32H38N4O/c1-24(2)35-16-13-26(14-17-35)25-8-10-27(11-9-25)32-30-22-29(23-34-18-20-37-21-19-34)36(31(30)12-15-33-32)28-6-4-3-5-7-28/h3-12,15,22,24,26H,13-14,16-21,23H2,1-2H3. The van der Waals surface area contributed by atoms with Crippen molar-refractivity contribution in [2.24, 2.45) is 0 Å². The van der Waals surface area contributed by atoms with Crippen LogP contribution in [0.4, 0.5) is 0 Å². The van der Waals surface area contributed by atoms with E-state index in [1.165, 1.54) is 59.3 Å². The van der Waals surface area contributed by atoms with Crippen molar-refractivity contribution in [1.29, 1.82) is 0 Å². The third kappa shape index (κ3) is 5.08. The van der Waals surface area contributed by atoms with Crippen molar-refractivity contribution in [3.05, 3.63) is 84.2 Å². The van der Waals surface area contributed by atoms with Gasteiger partial charge in [-0.3, -0.25) is 9.88 Å². The van der Waals surface area contributed by atoms with Gasteiger partial charge in [-0.05, 0) is 75.5 Å². The molecule has 2 saturated heterocycles. The smallest absolute Gasteiger partial charge is 0.0796 e. The second kappa shape index (κ2) is 10.8. The van der Waals surface area contributed by atoms with Crippen LogP contribution in [0.15, 0.2) is 72.9 Å². The SMILES string of the molecule is CC(C)N1CCC(c2ccc(-c3nccc4c3cc(CN3CCOCC3)n4-c3ccccc3)cc2)CC1. The monoisotopic (exact) mass is 494 g/mol. The molecule has 4 aromatic rings. The van der Waals surface area contributed by atoms with Gasteiger partial charge in [0.1, 0.15) is 0 Å². The van der Waals surface area contributed by atoms with Gasteiger partial charge in [0.25, 0.3) is 0 Å². The number of ether oxygens (including phenoxy) is 1. The lowest BCUT2D eigenvalue weighted by molar-refractivity contribution is 0.0335. The Balaban J connectivity index is 1.33. The summed E-state index contributed by atoms with van der Waals surface area (Å²) in [5.41, 5.74) is 7.43. The van der Waals surface area contributed by atoms with Crippen LogP contribution in [0.3, 0.4) is 0 Å². The number of nitrogens with zero attached hydrogens (tertiary/aromatic N) is 4. The van der Waals surface area contributed by atoms with E-state index in [2.05, 4.69) is 94.9 Å². The third-order valence-corrected chi connectivity index (χ3v) is 8.23. The molecule has 0 amide bonds. The molecule has 0 N–H and O–H groups in total. The van der Waals surface area contributed by atoms with Crippen molar-refractivity contribution in [3.63, 3.8) is 0 Å².